The molecule has 4 saturated carbocycles. The second kappa shape index (κ2) is 12.3. The van der Waals surface area contributed by atoms with Gasteiger partial charge < -0.3 is 14.2 Å². The Hall–Kier alpha value is -3.41. The number of benzene rings is 2. The van der Waals surface area contributed by atoms with Crippen molar-refractivity contribution in [3.05, 3.63) is 53.1 Å². The Morgan fingerprint density at radius 1 is 0.887 bits per heavy atom. The van der Waals surface area contributed by atoms with Crippen molar-refractivity contribution < 1.29 is 22.7 Å². The van der Waals surface area contributed by atoms with Crippen molar-refractivity contribution in [2.45, 2.75) is 103 Å². The van der Waals surface area contributed by atoms with E-state index in [9.17, 15) is 13.2 Å². The van der Waals surface area contributed by atoms with Gasteiger partial charge in [-0.05, 0) is 92.3 Å². The van der Waals surface area contributed by atoms with E-state index < -0.39 is 21.5 Å². The summed E-state index contributed by atoms with van der Waals surface area (Å²) >= 11 is 0. The van der Waals surface area contributed by atoms with Crippen LogP contribution in [0.5, 0.6) is 5.75 Å². The first-order valence-electron chi connectivity index (χ1n) is 19.1. The third-order valence-corrected chi connectivity index (χ3v) is 15.9. The monoisotopic (exact) mass is 743 g/mol. The van der Waals surface area contributed by atoms with Gasteiger partial charge in [0.15, 0.2) is 0 Å². The Bertz CT molecular complexity index is 2100. The summed E-state index contributed by atoms with van der Waals surface area (Å²) in [6.45, 7) is 4.56. The number of fused-ring (bicyclic) bond motifs is 7. The normalized spacial score (nSPS) is 30.1. The molecule has 7 aliphatic rings. The number of carbonyl (C=O) groups is 2. The maximum Gasteiger partial charge on any atom is 0.303 e. The number of rotatable bonds is 7. The summed E-state index contributed by atoms with van der Waals surface area (Å²) < 4.78 is 36.7. The molecule has 3 aliphatic heterocycles. The van der Waals surface area contributed by atoms with Crippen molar-refractivity contribution in [3.8, 4) is 17.0 Å². The van der Waals surface area contributed by atoms with E-state index in [1.54, 1.807) is 13.2 Å². The molecule has 4 atom stereocenters. The van der Waals surface area contributed by atoms with E-state index in [-0.39, 0.29) is 43.1 Å². The van der Waals surface area contributed by atoms with Crippen LogP contribution in [0.3, 0.4) is 0 Å². The maximum absolute atomic E-state index is 15.2. The quantitative estimate of drug-likeness (QED) is 0.288. The maximum atomic E-state index is 15.2. The van der Waals surface area contributed by atoms with Gasteiger partial charge in [-0.1, -0.05) is 40.2 Å². The summed E-state index contributed by atoms with van der Waals surface area (Å²) in [6, 6.07) is 12.8. The van der Waals surface area contributed by atoms with Gasteiger partial charge in [-0.3, -0.25) is 14.5 Å². The average Bonchev–Trinajstić information content (AvgIpc) is 4.02. The second-order valence-corrected chi connectivity index (χ2v) is 19.2. The molecular formula is C42H57N5O5S. The molecule has 1 aromatic heterocycles. The minimum Gasteiger partial charge on any atom is -0.497 e. The lowest BCUT2D eigenvalue weighted by molar-refractivity contribution is -0.137. The molecule has 3 aromatic rings. The predicted molar refractivity (Wildman–Crippen MR) is 208 cm³/mol. The van der Waals surface area contributed by atoms with Crippen LogP contribution < -0.4 is 9.46 Å². The molecule has 4 aliphatic carbocycles. The van der Waals surface area contributed by atoms with Crippen LogP contribution in [-0.4, -0.2) is 92.3 Å². The van der Waals surface area contributed by atoms with Crippen LogP contribution >= 0.6 is 0 Å². The molecule has 2 aromatic carbocycles. The van der Waals surface area contributed by atoms with Crippen molar-refractivity contribution >= 4 is 32.9 Å². The predicted octanol–water partition coefficient (Wildman–Crippen LogP) is 6.75. The van der Waals surface area contributed by atoms with E-state index in [2.05, 4.69) is 31.2 Å². The lowest BCUT2D eigenvalue weighted by Crippen LogP contribution is -2.49. The molecule has 2 unspecified atom stereocenters. The standard InChI is InChI=1S/C40H49N5O5S.2CH4/c1-42(2)51(48,49)41-36(46)26-9-13-30-33(17-26)45-24-40(37(47)44-22-38-15-16-39(38,23-44)21-43(20-38)27-10-11-27)19-32(40)31-18-28(50-3)12-14-29(31)35(45)34(30)25-7-5-4-6-8-25;;/h9,12-14,17-18,25,27,32H,4-8,10-11,15-16,19-24H2,1-3H3,(H,41,46);2*1H4/t32-,38?,39?,40-;;/m0../s1. The fourth-order valence-electron chi connectivity index (χ4n) is 11.4. The van der Waals surface area contributed by atoms with E-state index in [1.807, 2.05) is 18.2 Å². The van der Waals surface area contributed by atoms with Gasteiger partial charge in [-0.15, -0.1) is 0 Å². The largest absolute Gasteiger partial charge is 0.497 e. The molecule has 53 heavy (non-hydrogen) atoms. The first-order valence-corrected chi connectivity index (χ1v) is 20.5. The molecule has 0 bridgehead atoms. The Kier molecular flexibility index (Phi) is 8.48. The van der Waals surface area contributed by atoms with E-state index >= 15 is 4.79 Å². The van der Waals surface area contributed by atoms with E-state index in [4.69, 9.17) is 4.74 Å². The topological polar surface area (TPSA) is 104 Å². The summed E-state index contributed by atoms with van der Waals surface area (Å²) in [5, 5.41) is 1.10. The molecule has 2 saturated heterocycles. The molecule has 2 amide bonds. The summed E-state index contributed by atoms with van der Waals surface area (Å²) in [7, 11) is 0.543. The highest BCUT2D eigenvalue weighted by Gasteiger charge is 2.72. The van der Waals surface area contributed by atoms with Gasteiger partial charge in [0.05, 0.1) is 18.2 Å². The Morgan fingerprint density at radius 3 is 2.21 bits per heavy atom. The number of nitrogens with zero attached hydrogens (tertiary/aromatic N) is 4. The summed E-state index contributed by atoms with van der Waals surface area (Å²) in [6.07, 6.45) is 11.7. The Morgan fingerprint density at radius 2 is 1.58 bits per heavy atom. The van der Waals surface area contributed by atoms with Crippen LogP contribution in [-0.2, 0) is 21.5 Å². The third-order valence-electron chi connectivity index (χ3n) is 14.5. The number of hydrogen-bond donors (Lipinski definition) is 1. The fraction of sp³-hybridized carbons (Fsp3) is 0.619. The molecule has 4 heterocycles. The van der Waals surface area contributed by atoms with Crippen LogP contribution in [0.2, 0.25) is 0 Å². The Balaban J connectivity index is 0.00000200. The number of hydrogen-bond acceptors (Lipinski definition) is 6. The van der Waals surface area contributed by atoms with Crippen LogP contribution in [0.4, 0.5) is 0 Å². The van der Waals surface area contributed by atoms with Gasteiger partial charge in [0.2, 0.25) is 5.91 Å². The average molecular weight is 744 g/mol. The van der Waals surface area contributed by atoms with Crippen molar-refractivity contribution in [2.75, 3.05) is 47.4 Å². The molecule has 10 nitrogen and oxygen atoms in total. The number of amides is 2. The molecule has 1 N–H and O–H groups in total. The summed E-state index contributed by atoms with van der Waals surface area (Å²) in [5.41, 5.74) is 5.89. The van der Waals surface area contributed by atoms with Crippen molar-refractivity contribution in [3.63, 3.8) is 0 Å². The number of ether oxygens (including phenoxy) is 1. The van der Waals surface area contributed by atoms with Gasteiger partial charge in [0, 0.05) is 91.6 Å². The van der Waals surface area contributed by atoms with E-state index in [1.165, 1.54) is 70.2 Å². The highest BCUT2D eigenvalue weighted by molar-refractivity contribution is 7.87. The fourth-order valence-corrected chi connectivity index (χ4v) is 11.9. The van der Waals surface area contributed by atoms with E-state index in [0.29, 0.717) is 12.5 Å². The number of nitrogens with one attached hydrogen (secondary N) is 1. The zero-order valence-electron chi connectivity index (χ0n) is 30.0. The summed E-state index contributed by atoms with van der Waals surface area (Å²) in [5.74, 6) is 0.875. The van der Waals surface area contributed by atoms with E-state index in [0.717, 1.165) is 83.7 Å². The molecular weight excluding hydrogens is 687 g/mol. The van der Waals surface area contributed by atoms with Gasteiger partial charge in [-0.2, -0.15) is 12.7 Å². The number of carbonyl (C=O) groups excluding carboxylic acids is 2. The first kappa shape index (κ1) is 36.6. The van der Waals surface area contributed by atoms with Crippen LogP contribution in [0.15, 0.2) is 36.4 Å². The molecule has 10 rings (SSSR count). The van der Waals surface area contributed by atoms with Crippen LogP contribution in [0.25, 0.3) is 22.2 Å². The lowest BCUT2D eigenvalue weighted by Gasteiger charge is -2.48. The molecule has 0 radical (unpaired) electrons. The minimum atomic E-state index is -3.97. The molecule has 11 heteroatoms. The summed E-state index contributed by atoms with van der Waals surface area (Å²) in [4.78, 5) is 33.7. The van der Waals surface area contributed by atoms with Crippen molar-refractivity contribution in [2.24, 2.45) is 16.2 Å². The molecule has 286 valence electrons. The number of likely N-dealkylation sites (tertiary alicyclic amines) is 2. The highest BCUT2D eigenvalue weighted by atomic mass is 32.2. The molecule has 6 fully saturated rings. The van der Waals surface area contributed by atoms with Gasteiger partial charge in [0.1, 0.15) is 5.75 Å². The van der Waals surface area contributed by atoms with Gasteiger partial charge >= 0.3 is 10.2 Å². The number of methoxy groups -OCH3 is 1. The zero-order chi connectivity index (χ0) is 35.1. The SMILES string of the molecule is C.C.COc1ccc2c(c1)[C@@H]1C[C@]1(C(=O)N1CC34CCC3(C1)CN(C1CC1)C4)Cn1c-2c(C2CCCCC2)c2ccc(C(=O)NS(=O)(=O)N(C)C)cc21. The van der Waals surface area contributed by atoms with Gasteiger partial charge in [-0.25, -0.2) is 4.72 Å². The van der Waals surface area contributed by atoms with Crippen LogP contribution in [0, 0.1) is 16.2 Å². The number of aromatic nitrogens is 1. The highest BCUT2D eigenvalue weighted by Crippen LogP contribution is 2.70. The smallest absolute Gasteiger partial charge is 0.303 e. The Labute approximate surface area is 315 Å². The zero-order valence-corrected chi connectivity index (χ0v) is 30.9. The van der Waals surface area contributed by atoms with Crippen molar-refractivity contribution in [1.82, 2.24) is 23.4 Å². The van der Waals surface area contributed by atoms with Crippen LogP contribution in [0.1, 0.15) is 112 Å². The minimum absolute atomic E-state index is 0. The van der Waals surface area contributed by atoms with Crippen molar-refractivity contribution in [1.29, 1.82) is 0 Å². The second-order valence-electron chi connectivity index (χ2n) is 17.4. The molecule has 0 spiro atoms. The third kappa shape index (κ3) is 5.19. The first-order chi connectivity index (χ1) is 24.5. The van der Waals surface area contributed by atoms with Gasteiger partial charge in [0.25, 0.3) is 5.91 Å². The lowest BCUT2D eigenvalue weighted by atomic mass is 9.53.